The molecule has 0 saturated carbocycles. The normalized spacial score (nSPS) is 12.2. The molecule has 0 amide bonds. The average Bonchev–Trinajstić information content (AvgIpc) is 3.50. The van der Waals surface area contributed by atoms with Gasteiger partial charge in [0.05, 0.1) is 0 Å². The van der Waals surface area contributed by atoms with Crippen LogP contribution in [-0.2, 0) is 20.1 Å². The summed E-state index contributed by atoms with van der Waals surface area (Å²) in [7, 11) is 0. The van der Waals surface area contributed by atoms with E-state index in [1.807, 2.05) is 95.3 Å². The van der Waals surface area contributed by atoms with Crippen molar-refractivity contribution in [2.75, 3.05) is 0 Å². The number of hydrogen-bond donors (Lipinski definition) is 0. The molecule has 0 fully saturated rings. The van der Waals surface area contributed by atoms with Crippen molar-refractivity contribution in [2.45, 2.75) is 26.8 Å². The molecule has 1 radical (unpaired) electrons. The Kier molecular flexibility index (Phi) is 7.53. The van der Waals surface area contributed by atoms with Gasteiger partial charge in [0.1, 0.15) is 11.3 Å². The van der Waals surface area contributed by atoms with E-state index in [4.69, 9.17) is 4.42 Å². The summed E-state index contributed by atoms with van der Waals surface area (Å²) < 4.78 is 9.89. The van der Waals surface area contributed by atoms with E-state index in [0.29, 0.717) is 6.04 Å². The molecule has 0 bridgehead atoms. The van der Waals surface area contributed by atoms with Gasteiger partial charge in [-0.3, -0.25) is 0 Å². The van der Waals surface area contributed by atoms with Gasteiger partial charge in [-0.2, -0.15) is 6.07 Å². The number of aromatic nitrogens is 1. The van der Waals surface area contributed by atoms with E-state index in [2.05, 4.69) is 49.1 Å². The van der Waals surface area contributed by atoms with Gasteiger partial charge in [-0.25, -0.2) is 0 Å². The third-order valence-corrected chi connectivity index (χ3v) is 5.61. The first-order chi connectivity index (χ1) is 16.6. The van der Waals surface area contributed by atoms with E-state index in [0.717, 1.165) is 38.9 Å². The van der Waals surface area contributed by atoms with Gasteiger partial charge in [0.2, 0.25) is 6.20 Å². The van der Waals surface area contributed by atoms with Crippen LogP contribution in [0.5, 0.6) is 0 Å². The zero-order chi connectivity index (χ0) is 23.5. The Balaban J connectivity index is 0.000000179. The van der Waals surface area contributed by atoms with Gasteiger partial charge >= 0.3 is 6.01 Å². The maximum atomic E-state index is 5.91. The molecule has 35 heavy (non-hydrogen) atoms. The van der Waals surface area contributed by atoms with Crippen LogP contribution in [-0.4, -0.2) is 26.2 Å². The molecule has 4 nitrogen and oxygen atoms in total. The molecule has 0 N–H and O–H groups in total. The number of furan rings is 1. The minimum absolute atomic E-state index is 0. The van der Waals surface area contributed by atoms with E-state index in [1.165, 1.54) is 5.56 Å². The number of benzene rings is 3. The van der Waals surface area contributed by atoms with E-state index in [-0.39, 0.29) is 20.1 Å². The van der Waals surface area contributed by atoms with Crippen LogP contribution in [0.15, 0.2) is 95.8 Å². The molecule has 0 atom stereocenters. The zero-order valence-electron chi connectivity index (χ0n) is 19.8. The van der Waals surface area contributed by atoms with Gasteiger partial charge in [0.15, 0.2) is 6.04 Å². The fourth-order valence-corrected chi connectivity index (χ4v) is 3.72. The van der Waals surface area contributed by atoms with Crippen molar-refractivity contribution >= 4 is 33.6 Å². The van der Waals surface area contributed by atoms with Gasteiger partial charge in [0.25, 0.3) is 6.20 Å². The van der Waals surface area contributed by atoms with Crippen LogP contribution in [0.2, 0.25) is 0 Å². The maximum Gasteiger partial charge on any atom is 0.493 e. The fourth-order valence-electron chi connectivity index (χ4n) is 3.72. The minimum Gasteiger partial charge on any atom is -0.483 e. The maximum absolute atomic E-state index is 5.91. The number of hydrogen-bond acceptors (Lipinski definition) is 2. The molecule has 0 aliphatic carbocycles. The third-order valence-electron chi connectivity index (χ3n) is 5.61. The molecule has 2 aromatic heterocycles. The topological polar surface area (TPSA) is 32.0 Å². The van der Waals surface area contributed by atoms with Crippen molar-refractivity contribution in [3.05, 3.63) is 109 Å². The van der Waals surface area contributed by atoms with Crippen molar-refractivity contribution in [1.82, 2.24) is 4.98 Å². The number of fused-ring (bicyclic) bond motifs is 3. The predicted octanol–water partition coefficient (Wildman–Crippen LogP) is 6.96. The molecule has 0 saturated heterocycles. The molecular weight excluding hydrogens is 611 g/mol. The van der Waals surface area contributed by atoms with E-state index in [9.17, 15) is 0 Å². The summed E-state index contributed by atoms with van der Waals surface area (Å²) >= 11 is 0. The Hall–Kier alpha value is -3.62. The molecule has 0 unspecified atom stereocenters. The van der Waals surface area contributed by atoms with Crippen LogP contribution in [0.3, 0.4) is 0 Å². The van der Waals surface area contributed by atoms with Crippen LogP contribution >= 0.6 is 0 Å². The third kappa shape index (κ3) is 5.39. The summed E-state index contributed by atoms with van der Waals surface area (Å²) in [5.41, 5.74) is 5.92. The van der Waals surface area contributed by atoms with Crippen molar-refractivity contribution < 1.29 is 33.7 Å². The summed E-state index contributed by atoms with van der Waals surface area (Å²) in [6.07, 6.45) is 5.87. The minimum atomic E-state index is 0. The van der Waals surface area contributed by atoms with Crippen LogP contribution < -0.4 is 0 Å². The molecule has 1 aliphatic heterocycles. The first kappa shape index (κ1) is 24.5. The summed E-state index contributed by atoms with van der Waals surface area (Å²) in [6.45, 7) is 6.30. The van der Waals surface area contributed by atoms with E-state index < -0.39 is 0 Å². The average molecular weight is 636 g/mol. The van der Waals surface area contributed by atoms with Crippen molar-refractivity contribution in [2.24, 2.45) is 0 Å². The quantitative estimate of drug-likeness (QED) is 0.159. The van der Waals surface area contributed by atoms with Crippen molar-refractivity contribution in [3.8, 4) is 11.3 Å². The van der Waals surface area contributed by atoms with Crippen LogP contribution in [0, 0.1) is 19.1 Å². The second kappa shape index (κ2) is 10.8. The first-order valence-corrected chi connectivity index (χ1v) is 11.3. The summed E-state index contributed by atoms with van der Waals surface area (Å²) in [6, 6.07) is 34.1. The Morgan fingerprint density at radius 3 is 2.46 bits per heavy atom. The second-order valence-corrected chi connectivity index (χ2v) is 8.46. The number of pyridine rings is 1. The Bertz CT molecular complexity index is 1560. The van der Waals surface area contributed by atoms with E-state index >= 15 is 0 Å². The standard InChI is InChI=1S/C18H15N2O.C12H10N.Ir/c1-13(2)19-9-10-20(12-19)14-7-8-16-15-5-3-4-6-17(15)21-18(16)11-14;1-10-7-8-12(13-9-10)11-5-3-2-4-6-11;/h3-6,8-11,13H,1-2H3;2-5,7-9H,1H3;/q+1;-1;. The largest absolute Gasteiger partial charge is 0.493 e. The summed E-state index contributed by atoms with van der Waals surface area (Å²) in [5.74, 6) is 0. The van der Waals surface area contributed by atoms with E-state index in [1.54, 1.807) is 0 Å². The number of aryl methyl sites for hydroxylation is 1. The van der Waals surface area contributed by atoms with Crippen LogP contribution in [0.1, 0.15) is 19.4 Å². The van der Waals surface area contributed by atoms with Gasteiger partial charge in [-0.1, -0.05) is 50.9 Å². The smallest absolute Gasteiger partial charge is 0.483 e. The molecule has 3 aromatic carbocycles. The summed E-state index contributed by atoms with van der Waals surface area (Å²) in [5, 5.41) is 2.22. The van der Waals surface area contributed by atoms with Crippen molar-refractivity contribution in [3.63, 3.8) is 0 Å². The summed E-state index contributed by atoms with van der Waals surface area (Å²) in [4.78, 5) is 4.32. The SMILES string of the molecule is CC(C)[N+]1=C=[N+](c2[c-]cc3c(c2)oc2ccccc23)C=C1.Cc1ccc(-c2[c-]cccc2)nc1.[Ir]. The number of nitrogens with zero attached hydrogens (tertiary/aromatic N) is 3. The first-order valence-electron chi connectivity index (χ1n) is 11.3. The molecule has 1 aliphatic rings. The number of rotatable bonds is 3. The monoisotopic (exact) mass is 636 g/mol. The fraction of sp³-hybridized carbons (Fsp3) is 0.133. The second-order valence-electron chi connectivity index (χ2n) is 8.46. The van der Waals surface area contributed by atoms with Gasteiger partial charge in [-0.05, 0) is 43.5 Å². The van der Waals surface area contributed by atoms with Crippen molar-refractivity contribution in [1.29, 1.82) is 0 Å². The van der Waals surface area contributed by atoms with Gasteiger partial charge < -0.3 is 9.40 Å². The molecule has 5 heteroatoms. The Morgan fingerprint density at radius 2 is 1.74 bits per heavy atom. The Labute approximate surface area is 218 Å². The molecule has 6 rings (SSSR count). The zero-order valence-corrected chi connectivity index (χ0v) is 22.2. The predicted molar refractivity (Wildman–Crippen MR) is 135 cm³/mol. The molecule has 175 valence electrons. The molecular formula is C30H25IrN3O. The van der Waals surface area contributed by atoms with Gasteiger partial charge in [0, 0.05) is 31.9 Å². The molecule has 0 spiro atoms. The van der Waals surface area contributed by atoms with Crippen LogP contribution in [0.4, 0.5) is 5.69 Å². The molecule has 3 heterocycles. The van der Waals surface area contributed by atoms with Crippen LogP contribution in [0.25, 0.3) is 33.2 Å². The molecule has 5 aromatic rings. The van der Waals surface area contributed by atoms with Gasteiger partial charge in [-0.15, -0.1) is 42.0 Å². The Morgan fingerprint density at radius 1 is 0.914 bits per heavy atom. The number of para-hydroxylation sites is 1.